The number of aromatic nitrogens is 2. The normalized spacial score (nSPS) is 15.8. The third kappa shape index (κ3) is 4.08. The largest absolute Gasteiger partial charge is 0.493 e. The van der Waals surface area contributed by atoms with Gasteiger partial charge in [0, 0.05) is 13.6 Å². The molecule has 1 N–H and O–H groups in total. The molecule has 168 valence electrons. The maximum atomic E-state index is 13.1. The molecule has 0 aliphatic carbocycles. The van der Waals surface area contributed by atoms with E-state index in [0.717, 1.165) is 46.9 Å². The highest BCUT2D eigenvalue weighted by Crippen LogP contribution is 2.40. The molecule has 7 heteroatoms. The van der Waals surface area contributed by atoms with Gasteiger partial charge in [-0.3, -0.25) is 14.4 Å². The van der Waals surface area contributed by atoms with E-state index in [-0.39, 0.29) is 18.5 Å². The average molecular weight is 435 g/mol. The van der Waals surface area contributed by atoms with E-state index in [4.69, 9.17) is 9.47 Å². The average Bonchev–Trinajstić information content (AvgIpc) is 3.04. The SMILES string of the molecule is COc1cc2c(cc1OC)C(c1ccccc1)N(CC(=O)Nc1c(C)nn(C)c1C)CC2. The number of carbonyl (C=O) groups excluding carboxylic acids is 1. The van der Waals surface area contributed by atoms with Crippen molar-refractivity contribution in [3.8, 4) is 11.5 Å². The van der Waals surface area contributed by atoms with Crippen LogP contribution in [0.15, 0.2) is 42.5 Å². The molecule has 0 fully saturated rings. The number of hydrogen-bond acceptors (Lipinski definition) is 5. The molecule has 1 aliphatic rings. The van der Waals surface area contributed by atoms with Crippen LogP contribution in [0.25, 0.3) is 0 Å². The summed E-state index contributed by atoms with van der Waals surface area (Å²) in [6.45, 7) is 4.91. The zero-order valence-electron chi connectivity index (χ0n) is 19.3. The molecule has 1 aliphatic heterocycles. The standard InChI is InChI=1S/C25H30N4O3/c1-16-24(17(2)28(3)27-16)26-23(30)15-29-12-11-19-13-21(31-4)22(32-5)14-20(19)25(29)18-9-7-6-8-10-18/h6-10,13-14,25H,11-12,15H2,1-5H3,(H,26,30). The highest BCUT2D eigenvalue weighted by molar-refractivity contribution is 5.93. The van der Waals surface area contributed by atoms with Crippen LogP contribution in [0.3, 0.4) is 0 Å². The van der Waals surface area contributed by atoms with Crippen LogP contribution in [0, 0.1) is 13.8 Å². The van der Waals surface area contributed by atoms with Crippen molar-refractivity contribution in [1.82, 2.24) is 14.7 Å². The first-order valence-electron chi connectivity index (χ1n) is 10.8. The summed E-state index contributed by atoms with van der Waals surface area (Å²) in [6, 6.07) is 14.3. The molecule has 2 heterocycles. The molecular formula is C25H30N4O3. The van der Waals surface area contributed by atoms with Gasteiger partial charge >= 0.3 is 0 Å². The maximum absolute atomic E-state index is 13.1. The third-order valence-corrected chi connectivity index (χ3v) is 6.21. The Labute approximate surface area is 188 Å². The van der Waals surface area contributed by atoms with Crippen molar-refractivity contribution < 1.29 is 14.3 Å². The lowest BCUT2D eigenvalue weighted by molar-refractivity contribution is -0.117. The molecule has 1 aromatic heterocycles. The van der Waals surface area contributed by atoms with Crippen LogP contribution in [0.4, 0.5) is 5.69 Å². The highest BCUT2D eigenvalue weighted by Gasteiger charge is 2.31. The topological polar surface area (TPSA) is 68.6 Å². The summed E-state index contributed by atoms with van der Waals surface area (Å²) in [4.78, 5) is 15.3. The van der Waals surface area contributed by atoms with E-state index in [2.05, 4.69) is 33.5 Å². The lowest BCUT2D eigenvalue weighted by Gasteiger charge is -2.37. The Kier molecular flexibility index (Phi) is 6.19. The monoisotopic (exact) mass is 434 g/mol. The number of fused-ring (bicyclic) bond motifs is 1. The van der Waals surface area contributed by atoms with E-state index < -0.39 is 0 Å². The van der Waals surface area contributed by atoms with Gasteiger partial charge in [-0.15, -0.1) is 0 Å². The number of methoxy groups -OCH3 is 2. The van der Waals surface area contributed by atoms with E-state index in [1.54, 1.807) is 18.9 Å². The van der Waals surface area contributed by atoms with Crippen molar-refractivity contribution in [1.29, 1.82) is 0 Å². The summed E-state index contributed by atoms with van der Waals surface area (Å²) < 4.78 is 12.9. The van der Waals surface area contributed by atoms with E-state index in [9.17, 15) is 4.79 Å². The number of hydrogen-bond donors (Lipinski definition) is 1. The van der Waals surface area contributed by atoms with Crippen molar-refractivity contribution >= 4 is 11.6 Å². The molecule has 0 spiro atoms. The minimum absolute atomic E-state index is 0.0472. The number of nitrogens with one attached hydrogen (secondary N) is 1. The Balaban J connectivity index is 1.67. The first-order chi connectivity index (χ1) is 15.4. The lowest BCUT2D eigenvalue weighted by atomic mass is 9.87. The number of benzene rings is 2. The summed E-state index contributed by atoms with van der Waals surface area (Å²) in [5.41, 5.74) is 6.04. The quantitative estimate of drug-likeness (QED) is 0.642. The van der Waals surface area contributed by atoms with Crippen molar-refractivity contribution in [3.05, 3.63) is 70.5 Å². The van der Waals surface area contributed by atoms with E-state index in [1.807, 2.05) is 45.2 Å². The summed E-state index contributed by atoms with van der Waals surface area (Å²) in [5, 5.41) is 7.48. The Morgan fingerprint density at radius 1 is 1.12 bits per heavy atom. The number of nitrogens with zero attached hydrogens (tertiary/aromatic N) is 3. The summed E-state index contributed by atoms with van der Waals surface area (Å²) >= 11 is 0. The summed E-state index contributed by atoms with van der Waals surface area (Å²) in [6.07, 6.45) is 0.831. The number of aryl methyl sites for hydroxylation is 2. The van der Waals surface area contributed by atoms with Crippen LogP contribution < -0.4 is 14.8 Å². The minimum atomic E-state index is -0.0541. The summed E-state index contributed by atoms with van der Waals surface area (Å²) in [5.74, 6) is 1.38. The third-order valence-electron chi connectivity index (χ3n) is 6.21. The number of ether oxygens (including phenoxy) is 2. The van der Waals surface area contributed by atoms with Gasteiger partial charge in [-0.05, 0) is 49.1 Å². The minimum Gasteiger partial charge on any atom is -0.493 e. The number of rotatable bonds is 6. The number of carbonyl (C=O) groups is 1. The fraction of sp³-hybridized carbons (Fsp3) is 0.360. The van der Waals surface area contributed by atoms with Gasteiger partial charge < -0.3 is 14.8 Å². The van der Waals surface area contributed by atoms with Crippen LogP contribution in [0.2, 0.25) is 0 Å². The van der Waals surface area contributed by atoms with E-state index in [1.165, 1.54) is 5.56 Å². The molecule has 4 rings (SSSR count). The lowest BCUT2D eigenvalue weighted by Crippen LogP contribution is -2.41. The molecule has 0 saturated carbocycles. The van der Waals surface area contributed by atoms with Crippen LogP contribution in [0.1, 0.15) is 34.1 Å². The number of anilines is 1. The van der Waals surface area contributed by atoms with Gasteiger partial charge in [0.1, 0.15) is 0 Å². The first kappa shape index (κ1) is 21.9. The predicted molar refractivity (Wildman–Crippen MR) is 124 cm³/mol. The van der Waals surface area contributed by atoms with Crippen molar-refractivity contribution in [3.63, 3.8) is 0 Å². The second kappa shape index (κ2) is 9.04. The fourth-order valence-corrected chi connectivity index (χ4v) is 4.51. The molecule has 1 amide bonds. The van der Waals surface area contributed by atoms with Gasteiger partial charge in [-0.2, -0.15) is 5.10 Å². The second-order valence-electron chi connectivity index (χ2n) is 8.16. The smallest absolute Gasteiger partial charge is 0.238 e. The number of amides is 1. The fourth-order valence-electron chi connectivity index (χ4n) is 4.51. The zero-order chi connectivity index (χ0) is 22.8. The van der Waals surface area contributed by atoms with Crippen LogP contribution in [-0.2, 0) is 18.3 Å². The molecular weight excluding hydrogens is 404 g/mol. The second-order valence-corrected chi connectivity index (χ2v) is 8.16. The molecule has 0 saturated heterocycles. The van der Waals surface area contributed by atoms with Crippen molar-refractivity contribution in [2.75, 3.05) is 32.6 Å². The Morgan fingerprint density at radius 2 is 1.81 bits per heavy atom. The van der Waals surface area contributed by atoms with E-state index >= 15 is 0 Å². The Hall–Kier alpha value is -3.32. The Morgan fingerprint density at radius 3 is 2.44 bits per heavy atom. The molecule has 1 unspecified atom stereocenters. The van der Waals surface area contributed by atoms with Gasteiger partial charge in [0.2, 0.25) is 5.91 Å². The predicted octanol–water partition coefficient (Wildman–Crippen LogP) is 3.64. The van der Waals surface area contributed by atoms with Crippen molar-refractivity contribution in [2.24, 2.45) is 7.05 Å². The highest BCUT2D eigenvalue weighted by atomic mass is 16.5. The molecule has 0 bridgehead atoms. The van der Waals surface area contributed by atoms with Gasteiger partial charge in [0.05, 0.1) is 43.9 Å². The van der Waals surface area contributed by atoms with Gasteiger partial charge in [0.25, 0.3) is 0 Å². The maximum Gasteiger partial charge on any atom is 0.238 e. The van der Waals surface area contributed by atoms with Gasteiger partial charge in [-0.25, -0.2) is 0 Å². The molecule has 7 nitrogen and oxygen atoms in total. The molecule has 32 heavy (non-hydrogen) atoms. The first-order valence-corrected chi connectivity index (χ1v) is 10.8. The van der Waals surface area contributed by atoms with Crippen molar-refractivity contribution in [2.45, 2.75) is 26.3 Å². The zero-order valence-corrected chi connectivity index (χ0v) is 19.3. The molecule has 2 aromatic carbocycles. The van der Waals surface area contributed by atoms with Crippen LogP contribution in [0.5, 0.6) is 11.5 Å². The molecule has 0 radical (unpaired) electrons. The van der Waals surface area contributed by atoms with Gasteiger partial charge in [0.15, 0.2) is 11.5 Å². The van der Waals surface area contributed by atoms with Crippen LogP contribution >= 0.6 is 0 Å². The summed E-state index contributed by atoms with van der Waals surface area (Å²) in [7, 11) is 5.18. The Bertz CT molecular complexity index is 1120. The van der Waals surface area contributed by atoms with E-state index in [0.29, 0.717) is 5.75 Å². The van der Waals surface area contributed by atoms with Gasteiger partial charge in [-0.1, -0.05) is 30.3 Å². The molecule has 3 aromatic rings. The molecule has 1 atom stereocenters. The van der Waals surface area contributed by atoms with Crippen LogP contribution in [-0.4, -0.2) is 47.9 Å².